The van der Waals surface area contributed by atoms with E-state index in [4.69, 9.17) is 9.47 Å². The third-order valence-corrected chi connectivity index (χ3v) is 11.7. The first-order valence-electron chi connectivity index (χ1n) is 16.2. The minimum Gasteiger partial charge on any atom is -0.494 e. The van der Waals surface area contributed by atoms with Crippen molar-refractivity contribution in [2.24, 2.45) is 5.41 Å². The molecule has 0 bridgehead atoms. The van der Waals surface area contributed by atoms with E-state index in [1.165, 1.54) is 26.1 Å². The number of benzene rings is 2. The van der Waals surface area contributed by atoms with E-state index in [1.807, 2.05) is 30.0 Å². The van der Waals surface area contributed by atoms with Gasteiger partial charge in [-0.3, -0.25) is 9.59 Å². The molecule has 1 aromatic heterocycles. The number of nitrogens with zero attached hydrogens (tertiary/aromatic N) is 3. The highest BCUT2D eigenvalue weighted by Gasteiger charge is 2.64. The zero-order valence-corrected chi connectivity index (χ0v) is 27.1. The number of nitrogens with one attached hydrogen (secondary N) is 1. The molecule has 3 aromatic rings. The Kier molecular flexibility index (Phi) is 7.69. The van der Waals surface area contributed by atoms with Crippen molar-refractivity contribution >= 4 is 32.9 Å². The van der Waals surface area contributed by atoms with Crippen LogP contribution < -0.4 is 9.46 Å². The maximum atomic E-state index is 14.4. The number of aromatic nitrogens is 1. The molecule has 2 unspecified atom stereocenters. The zero-order chi connectivity index (χ0) is 31.5. The van der Waals surface area contributed by atoms with Gasteiger partial charge in [-0.25, -0.2) is 4.72 Å². The average molecular weight is 635 g/mol. The van der Waals surface area contributed by atoms with Crippen LogP contribution in [0.3, 0.4) is 0 Å². The summed E-state index contributed by atoms with van der Waals surface area (Å²) < 4.78 is 42.0. The standard InChI is InChI=1S/C34H42N4O6S/c1-4-44-24-11-13-25-27(19-24)28-20-34(28,33(40)37-14-16-43-17-15-37)21-38-29-18-23(32(39)35-45(41,42)36(2)3)10-12-26(29)30(31(25)38)22-8-6-5-7-9-22/h10-13,18-19,22,28H,4-9,14-17,20-21H2,1-3H3,(H,35,39). The van der Waals surface area contributed by atoms with Crippen molar-refractivity contribution in [1.82, 2.24) is 18.5 Å². The average Bonchev–Trinajstić information content (AvgIpc) is 3.71. The van der Waals surface area contributed by atoms with Gasteiger partial charge in [0.1, 0.15) is 5.75 Å². The predicted octanol–water partition coefficient (Wildman–Crippen LogP) is 4.64. The number of hydrogen-bond acceptors (Lipinski definition) is 6. The van der Waals surface area contributed by atoms with E-state index in [2.05, 4.69) is 21.4 Å². The Hall–Kier alpha value is -3.41. The third kappa shape index (κ3) is 5.13. The molecule has 2 saturated carbocycles. The number of rotatable bonds is 7. The molecule has 45 heavy (non-hydrogen) atoms. The maximum absolute atomic E-state index is 14.4. The second-order valence-corrected chi connectivity index (χ2v) is 15.0. The van der Waals surface area contributed by atoms with Crippen molar-refractivity contribution < 1.29 is 27.5 Å². The molecule has 2 atom stereocenters. The summed E-state index contributed by atoms with van der Waals surface area (Å²) in [5, 5.41) is 1.07. The van der Waals surface area contributed by atoms with Gasteiger partial charge in [0.15, 0.2) is 0 Å². The summed E-state index contributed by atoms with van der Waals surface area (Å²) in [6.45, 7) is 5.26. The van der Waals surface area contributed by atoms with Crippen molar-refractivity contribution in [1.29, 1.82) is 0 Å². The molecule has 2 amide bonds. The van der Waals surface area contributed by atoms with Gasteiger partial charge in [-0.05, 0) is 73.6 Å². The molecule has 2 aliphatic carbocycles. The fourth-order valence-electron chi connectivity index (χ4n) is 7.90. The lowest BCUT2D eigenvalue weighted by Crippen LogP contribution is -2.45. The van der Waals surface area contributed by atoms with Gasteiger partial charge in [0.25, 0.3) is 5.91 Å². The van der Waals surface area contributed by atoms with Gasteiger partial charge in [0.05, 0.1) is 30.9 Å². The summed E-state index contributed by atoms with van der Waals surface area (Å²) in [4.78, 5) is 29.7. The molecule has 2 aromatic carbocycles. The SMILES string of the molecule is CCOc1ccc2c(c1)C1CC1(C(=O)N1CCOCC1)Cn1c-2c(C2CCCCC2)c2ccc(C(=O)NS(=O)(=O)N(C)C)cc21. The molecule has 7 rings (SSSR count). The van der Waals surface area contributed by atoms with Crippen LogP contribution in [0.5, 0.6) is 5.75 Å². The van der Waals surface area contributed by atoms with Crippen LogP contribution in [0.4, 0.5) is 0 Å². The van der Waals surface area contributed by atoms with Gasteiger partial charge in [0.2, 0.25) is 5.91 Å². The Bertz CT molecular complexity index is 1770. The lowest BCUT2D eigenvalue weighted by atomic mass is 9.81. The van der Waals surface area contributed by atoms with Gasteiger partial charge >= 0.3 is 10.2 Å². The van der Waals surface area contributed by atoms with Gasteiger partial charge < -0.3 is 18.9 Å². The van der Waals surface area contributed by atoms with Gasteiger partial charge in [0, 0.05) is 61.7 Å². The summed E-state index contributed by atoms with van der Waals surface area (Å²) in [5.74, 6) is 0.684. The minimum atomic E-state index is -3.96. The van der Waals surface area contributed by atoms with Crippen LogP contribution >= 0.6 is 0 Å². The summed E-state index contributed by atoms with van der Waals surface area (Å²) in [6, 6.07) is 11.8. The van der Waals surface area contributed by atoms with E-state index in [0.29, 0.717) is 45.4 Å². The molecule has 1 saturated heterocycles. The fraction of sp³-hybridized carbons (Fsp3) is 0.529. The van der Waals surface area contributed by atoms with Crippen LogP contribution in [-0.2, 0) is 26.3 Å². The number of ether oxygens (including phenoxy) is 2. The summed E-state index contributed by atoms with van der Waals surface area (Å²) >= 11 is 0. The Labute approximate surface area is 264 Å². The van der Waals surface area contributed by atoms with Crippen LogP contribution in [0.25, 0.3) is 22.2 Å². The number of fused-ring (bicyclic) bond motifs is 7. The van der Waals surface area contributed by atoms with Gasteiger partial charge in [-0.1, -0.05) is 25.3 Å². The predicted molar refractivity (Wildman–Crippen MR) is 172 cm³/mol. The van der Waals surface area contributed by atoms with Crippen molar-refractivity contribution in [2.45, 2.75) is 63.8 Å². The molecule has 1 N–H and O–H groups in total. The third-order valence-electron chi connectivity index (χ3n) is 10.3. The fourth-order valence-corrected chi connectivity index (χ4v) is 8.44. The van der Waals surface area contributed by atoms with E-state index in [1.54, 1.807) is 6.07 Å². The first-order valence-corrected chi connectivity index (χ1v) is 17.6. The molecule has 3 heterocycles. The van der Waals surface area contributed by atoms with Crippen LogP contribution in [0, 0.1) is 5.41 Å². The highest BCUT2D eigenvalue weighted by molar-refractivity contribution is 7.87. The number of carbonyl (C=O) groups excluding carboxylic acids is 2. The molecule has 4 aliphatic rings. The largest absolute Gasteiger partial charge is 0.494 e. The molecule has 2 aliphatic heterocycles. The van der Waals surface area contributed by atoms with Crippen molar-refractivity contribution in [3.63, 3.8) is 0 Å². The van der Waals surface area contributed by atoms with E-state index < -0.39 is 21.5 Å². The Morgan fingerprint density at radius 3 is 2.53 bits per heavy atom. The van der Waals surface area contributed by atoms with E-state index >= 15 is 0 Å². The Morgan fingerprint density at radius 1 is 1.07 bits per heavy atom. The van der Waals surface area contributed by atoms with Gasteiger partial charge in [-0.2, -0.15) is 12.7 Å². The first-order chi connectivity index (χ1) is 21.6. The molecule has 11 heteroatoms. The van der Waals surface area contributed by atoms with E-state index in [-0.39, 0.29) is 17.4 Å². The highest BCUT2D eigenvalue weighted by atomic mass is 32.2. The first kappa shape index (κ1) is 30.3. The lowest BCUT2D eigenvalue weighted by molar-refractivity contribution is -0.141. The van der Waals surface area contributed by atoms with Crippen molar-refractivity contribution in [2.75, 3.05) is 47.0 Å². The zero-order valence-electron chi connectivity index (χ0n) is 26.3. The molecule has 0 radical (unpaired) electrons. The number of carbonyl (C=O) groups is 2. The lowest BCUT2D eigenvalue weighted by Gasteiger charge is -2.31. The number of amides is 2. The number of hydrogen-bond donors (Lipinski definition) is 1. The number of morpholine rings is 1. The van der Waals surface area contributed by atoms with Crippen molar-refractivity contribution in [3.05, 3.63) is 53.1 Å². The summed E-state index contributed by atoms with van der Waals surface area (Å²) in [5.41, 5.74) is 5.17. The Morgan fingerprint density at radius 2 is 1.82 bits per heavy atom. The van der Waals surface area contributed by atoms with E-state index in [0.717, 1.165) is 69.9 Å². The molecule has 3 fully saturated rings. The summed E-state index contributed by atoms with van der Waals surface area (Å²) in [6.07, 6.45) is 6.47. The van der Waals surface area contributed by atoms with Crippen LogP contribution in [0.2, 0.25) is 0 Å². The molecule has 10 nitrogen and oxygen atoms in total. The van der Waals surface area contributed by atoms with Crippen LogP contribution in [0.15, 0.2) is 36.4 Å². The quantitative estimate of drug-likeness (QED) is 0.406. The van der Waals surface area contributed by atoms with Crippen molar-refractivity contribution in [3.8, 4) is 17.0 Å². The minimum absolute atomic E-state index is 0.0501. The second-order valence-electron chi connectivity index (χ2n) is 13.1. The van der Waals surface area contributed by atoms with E-state index in [9.17, 15) is 18.0 Å². The van der Waals surface area contributed by atoms with Gasteiger partial charge in [-0.15, -0.1) is 0 Å². The maximum Gasteiger partial charge on any atom is 0.303 e. The highest BCUT2D eigenvalue weighted by Crippen LogP contribution is 2.66. The van der Waals surface area contributed by atoms with Crippen LogP contribution in [0.1, 0.15) is 78.8 Å². The summed E-state index contributed by atoms with van der Waals surface area (Å²) in [7, 11) is -1.20. The molecular weight excluding hydrogens is 592 g/mol. The molecule has 240 valence electrons. The normalized spacial score (nSPS) is 23.2. The monoisotopic (exact) mass is 634 g/mol. The topological polar surface area (TPSA) is 110 Å². The smallest absolute Gasteiger partial charge is 0.303 e. The molecule has 0 spiro atoms. The Balaban J connectivity index is 1.44. The van der Waals surface area contributed by atoms with Crippen LogP contribution in [-0.4, -0.2) is 81.0 Å². The molecular formula is C34H42N4O6S. The second kappa shape index (κ2) is 11.4.